The van der Waals surface area contributed by atoms with Crippen molar-refractivity contribution in [1.29, 1.82) is 0 Å². The molecule has 2 spiro atoms. The second-order valence-corrected chi connectivity index (χ2v) is 24.0. The van der Waals surface area contributed by atoms with Gasteiger partial charge in [0.15, 0.2) is 11.6 Å². The lowest BCUT2D eigenvalue weighted by Crippen LogP contribution is -2.57. The number of rotatable bonds is 17. The Hall–Kier alpha value is -2.64. The number of piperidine rings is 1. The third kappa shape index (κ3) is 8.17. The second kappa shape index (κ2) is 17.6. The lowest BCUT2D eigenvalue weighted by Gasteiger charge is -2.40. The number of amides is 3. The molecular formula is C49H79N5O7S. The Kier molecular flexibility index (Phi) is 13.5. The summed E-state index contributed by atoms with van der Waals surface area (Å²) in [7, 11) is -4.12. The maximum atomic E-state index is 15.5. The van der Waals surface area contributed by atoms with Gasteiger partial charge in [-0.3, -0.25) is 28.9 Å². The van der Waals surface area contributed by atoms with Gasteiger partial charge in [-0.1, -0.05) is 99.5 Å². The summed E-state index contributed by atoms with van der Waals surface area (Å²) in [5.41, 5.74) is -2.26. The number of fused-ring (bicyclic) bond motifs is 1. The molecule has 2 N–H and O–H groups in total. The van der Waals surface area contributed by atoms with Gasteiger partial charge in [0.1, 0.15) is 0 Å². The monoisotopic (exact) mass is 882 g/mol. The van der Waals surface area contributed by atoms with E-state index in [1.165, 1.54) is 17.1 Å². The quantitative estimate of drug-likeness (QED) is 0.147. The van der Waals surface area contributed by atoms with Crippen LogP contribution in [0.15, 0.2) is 12.7 Å². The van der Waals surface area contributed by atoms with Crippen LogP contribution in [0.4, 0.5) is 0 Å². The largest absolute Gasteiger partial charge is 0.345 e. The van der Waals surface area contributed by atoms with Gasteiger partial charge in [-0.15, -0.1) is 6.58 Å². The van der Waals surface area contributed by atoms with Crippen LogP contribution in [-0.2, 0) is 34.2 Å². The Labute approximate surface area is 373 Å². The van der Waals surface area contributed by atoms with E-state index in [1.807, 2.05) is 20.8 Å². The van der Waals surface area contributed by atoms with Gasteiger partial charge in [0.05, 0.1) is 23.5 Å². The molecule has 5 saturated carbocycles. The molecule has 7 rings (SSSR count). The predicted octanol–water partition coefficient (Wildman–Crippen LogP) is 7.12. The molecule has 7 fully saturated rings. The highest BCUT2D eigenvalue weighted by atomic mass is 32.2. The molecule has 7 atom stereocenters. The first kappa shape index (κ1) is 47.3. The van der Waals surface area contributed by atoms with Crippen molar-refractivity contribution in [3.8, 4) is 0 Å². The fraction of sp³-hybridized carbons (Fsp3) is 0.857. The van der Waals surface area contributed by atoms with Crippen LogP contribution in [-0.4, -0.2) is 102 Å². The van der Waals surface area contributed by atoms with Gasteiger partial charge < -0.3 is 10.2 Å². The van der Waals surface area contributed by atoms with E-state index in [4.69, 9.17) is 0 Å². The minimum atomic E-state index is -4.12. The number of carbonyl (C=O) groups is 5. The minimum Gasteiger partial charge on any atom is -0.345 e. The normalized spacial score (nSPS) is 32.0. The molecule has 0 unspecified atom stereocenters. The first-order valence-corrected chi connectivity index (χ1v) is 26.0. The fourth-order valence-corrected chi connectivity index (χ4v) is 15.2. The van der Waals surface area contributed by atoms with Crippen LogP contribution in [0.1, 0.15) is 170 Å². The lowest BCUT2D eigenvalue weighted by molar-refractivity contribution is -0.147. The highest BCUT2D eigenvalue weighted by Gasteiger charge is 2.85. The number of Topliss-reactive ketones (excluding diaryl/α,β-unsaturated/α-hetero) is 2. The highest BCUT2D eigenvalue weighted by Crippen LogP contribution is 2.88. The number of carbonyl (C=O) groups excluding carboxylic acids is 5. The fourth-order valence-electron chi connectivity index (χ4n) is 14.0. The van der Waals surface area contributed by atoms with E-state index in [1.54, 1.807) is 24.8 Å². The molecule has 0 aromatic heterocycles. The molecule has 0 aromatic rings. The smallest absolute Gasteiger partial charge is 0.303 e. The average Bonchev–Trinajstić information content (AvgIpc) is 3.68. The van der Waals surface area contributed by atoms with Crippen molar-refractivity contribution in [2.24, 2.45) is 44.8 Å². The van der Waals surface area contributed by atoms with Gasteiger partial charge in [0.2, 0.25) is 17.7 Å². The average molecular weight is 882 g/mol. The summed E-state index contributed by atoms with van der Waals surface area (Å²) in [6.07, 6.45) is 17.7. The molecule has 12 nitrogen and oxygen atoms in total. The molecule has 2 aliphatic heterocycles. The Morgan fingerprint density at radius 3 is 2.02 bits per heavy atom. The predicted molar refractivity (Wildman–Crippen MR) is 241 cm³/mol. The standard InChI is InChI=1S/C49H79N5O7S/c1-9-34-29-47(34,44(59)51-62(60,61)52(10-2)11-3)31-40(56)38-30-49(46(7,8)48(49)25-19-26-48)32-54(38)43(58)36(45(4,5)6)28-39(55)41(33-20-13-12-14-21-33)50-42(57)37-24-17-18-27-53(37)35-22-15-16-23-35/h9,33-38,41H,1,10-32H2,2-8H3,(H,50,57)(H,51,59)/t34-,36-,37+,38+,41+,47-,49-/m1/s1. The SMILES string of the molecule is C=C[C@@H]1C[C@]1(CC(=O)[C@@H]1C[C@@]2(CN1C(=O)[C@@H](CC(=O)[C@@H](NC(=O)[C@@H]1CCCCN1C1CCCC1)C1CCCCC1)C(C)(C)C)C(C)(C)C21CCC1)C(=O)NS(=O)(=O)N(CC)CC. The number of nitrogens with zero attached hydrogens (tertiary/aromatic N) is 3. The molecule has 7 aliphatic rings. The Morgan fingerprint density at radius 1 is 0.839 bits per heavy atom. The van der Waals surface area contributed by atoms with Crippen LogP contribution in [0, 0.1) is 44.8 Å². The number of ketones is 2. The van der Waals surface area contributed by atoms with E-state index >= 15 is 4.79 Å². The van der Waals surface area contributed by atoms with Crippen molar-refractivity contribution in [2.75, 3.05) is 26.2 Å². The Balaban J connectivity index is 1.15. The minimum absolute atomic E-state index is 0.0128. The highest BCUT2D eigenvalue weighted by molar-refractivity contribution is 7.87. The molecule has 5 aliphatic carbocycles. The molecule has 62 heavy (non-hydrogen) atoms. The molecule has 0 radical (unpaired) electrons. The third-order valence-corrected chi connectivity index (χ3v) is 19.9. The maximum Gasteiger partial charge on any atom is 0.303 e. The van der Waals surface area contributed by atoms with E-state index in [2.05, 4.69) is 35.4 Å². The molecule has 0 bridgehead atoms. The van der Waals surface area contributed by atoms with Gasteiger partial charge >= 0.3 is 10.2 Å². The molecule has 0 aromatic carbocycles. The summed E-state index contributed by atoms with van der Waals surface area (Å²) in [5.74, 6) is -2.41. The van der Waals surface area contributed by atoms with E-state index in [-0.39, 0.29) is 83.4 Å². The topological polar surface area (TPSA) is 153 Å². The van der Waals surface area contributed by atoms with E-state index in [0.717, 1.165) is 90.0 Å². The number of likely N-dealkylation sites (tertiary alicyclic amines) is 2. The van der Waals surface area contributed by atoms with Gasteiger partial charge in [0.25, 0.3) is 0 Å². The van der Waals surface area contributed by atoms with Crippen LogP contribution >= 0.6 is 0 Å². The lowest BCUT2D eigenvalue weighted by atomic mass is 9.73. The number of nitrogens with one attached hydrogen (secondary N) is 2. The number of hydrogen-bond acceptors (Lipinski definition) is 8. The van der Waals surface area contributed by atoms with Crippen molar-refractivity contribution in [1.82, 2.24) is 24.1 Å². The Morgan fingerprint density at radius 2 is 1.47 bits per heavy atom. The molecular weight excluding hydrogens is 803 g/mol. The zero-order chi connectivity index (χ0) is 45.0. The zero-order valence-corrected chi connectivity index (χ0v) is 40.0. The molecule has 2 heterocycles. The zero-order valence-electron chi connectivity index (χ0n) is 39.2. The van der Waals surface area contributed by atoms with Crippen LogP contribution in [0.2, 0.25) is 0 Å². The van der Waals surface area contributed by atoms with Gasteiger partial charge in [-0.25, -0.2) is 4.72 Å². The number of hydrogen-bond donors (Lipinski definition) is 2. The van der Waals surface area contributed by atoms with Crippen LogP contribution < -0.4 is 10.0 Å². The van der Waals surface area contributed by atoms with E-state index in [9.17, 15) is 27.6 Å². The summed E-state index contributed by atoms with van der Waals surface area (Å²) in [5, 5.41) is 3.34. The Bertz CT molecular complexity index is 1860. The van der Waals surface area contributed by atoms with Gasteiger partial charge in [-0.2, -0.15) is 12.7 Å². The van der Waals surface area contributed by atoms with Crippen molar-refractivity contribution < 1.29 is 32.4 Å². The molecule has 348 valence electrons. The summed E-state index contributed by atoms with van der Waals surface area (Å²) in [4.78, 5) is 77.9. The summed E-state index contributed by atoms with van der Waals surface area (Å²) < 4.78 is 29.9. The van der Waals surface area contributed by atoms with Gasteiger partial charge in [0, 0.05) is 49.9 Å². The van der Waals surface area contributed by atoms with Crippen molar-refractivity contribution in [3.63, 3.8) is 0 Å². The summed E-state index contributed by atoms with van der Waals surface area (Å²) in [6.45, 7) is 19.6. The van der Waals surface area contributed by atoms with E-state index in [0.29, 0.717) is 25.4 Å². The second-order valence-electron chi connectivity index (χ2n) is 22.4. The van der Waals surface area contributed by atoms with Crippen molar-refractivity contribution >= 4 is 39.5 Å². The maximum absolute atomic E-state index is 15.5. The third-order valence-electron chi connectivity index (χ3n) is 18.2. The van der Waals surface area contributed by atoms with Crippen molar-refractivity contribution in [3.05, 3.63) is 12.7 Å². The molecule has 13 heteroatoms. The first-order chi connectivity index (χ1) is 29.2. The van der Waals surface area contributed by atoms with E-state index < -0.39 is 44.9 Å². The molecule has 2 saturated heterocycles. The summed E-state index contributed by atoms with van der Waals surface area (Å²) >= 11 is 0. The van der Waals surface area contributed by atoms with Crippen molar-refractivity contribution in [2.45, 2.75) is 195 Å². The van der Waals surface area contributed by atoms with Crippen LogP contribution in [0.3, 0.4) is 0 Å². The van der Waals surface area contributed by atoms with Crippen LogP contribution in [0.25, 0.3) is 0 Å². The summed E-state index contributed by atoms with van der Waals surface area (Å²) in [6, 6.07) is -1.31. The molecule has 3 amide bonds. The number of allylic oxidation sites excluding steroid dienone is 1. The first-order valence-electron chi connectivity index (χ1n) is 24.6. The van der Waals surface area contributed by atoms with Crippen LogP contribution in [0.5, 0.6) is 0 Å². The van der Waals surface area contributed by atoms with Gasteiger partial charge in [-0.05, 0) is 98.8 Å².